The molecule has 0 spiro atoms. The SMILES string of the molecule is Cc1cc(C)cc(C#CCNC(=O)CN)c1. The zero-order valence-electron chi connectivity index (χ0n) is 9.63. The van der Waals surface area contributed by atoms with Gasteiger partial charge in [0.2, 0.25) is 5.91 Å². The number of nitrogens with two attached hydrogens (primary N) is 1. The lowest BCUT2D eigenvalue weighted by Gasteiger charge is -1.98. The van der Waals surface area contributed by atoms with Gasteiger partial charge in [-0.05, 0) is 37.1 Å². The van der Waals surface area contributed by atoms with Gasteiger partial charge in [0.1, 0.15) is 0 Å². The second-order valence-electron chi connectivity index (χ2n) is 3.66. The largest absolute Gasteiger partial charge is 0.344 e. The molecule has 0 atom stereocenters. The zero-order chi connectivity index (χ0) is 12.0. The highest BCUT2D eigenvalue weighted by Gasteiger charge is 1.93. The topological polar surface area (TPSA) is 55.1 Å². The maximum atomic E-state index is 10.8. The van der Waals surface area contributed by atoms with Gasteiger partial charge in [0.05, 0.1) is 13.1 Å². The van der Waals surface area contributed by atoms with Gasteiger partial charge in [0.25, 0.3) is 0 Å². The molecule has 0 unspecified atom stereocenters. The van der Waals surface area contributed by atoms with Crippen LogP contribution in [0.4, 0.5) is 0 Å². The molecule has 0 aliphatic carbocycles. The molecule has 3 nitrogen and oxygen atoms in total. The number of carbonyl (C=O) groups excluding carboxylic acids is 1. The number of carbonyl (C=O) groups is 1. The normalized spacial score (nSPS) is 9.19. The van der Waals surface area contributed by atoms with E-state index in [1.54, 1.807) is 0 Å². The summed E-state index contributed by atoms with van der Waals surface area (Å²) >= 11 is 0. The highest BCUT2D eigenvalue weighted by atomic mass is 16.1. The quantitative estimate of drug-likeness (QED) is 0.716. The molecular formula is C13H16N2O. The molecule has 84 valence electrons. The maximum absolute atomic E-state index is 10.8. The third kappa shape index (κ3) is 4.16. The number of aryl methyl sites for hydroxylation is 2. The zero-order valence-corrected chi connectivity index (χ0v) is 9.63. The van der Waals surface area contributed by atoms with Crippen molar-refractivity contribution in [1.82, 2.24) is 5.32 Å². The van der Waals surface area contributed by atoms with Gasteiger partial charge in [0.15, 0.2) is 0 Å². The first-order chi connectivity index (χ1) is 7.61. The van der Waals surface area contributed by atoms with E-state index in [9.17, 15) is 4.79 Å². The lowest BCUT2D eigenvalue weighted by Crippen LogP contribution is -2.30. The average Bonchev–Trinajstić information content (AvgIpc) is 2.22. The number of amides is 1. The van der Waals surface area contributed by atoms with Crippen molar-refractivity contribution < 1.29 is 4.79 Å². The molecule has 0 saturated heterocycles. The first-order valence-electron chi connectivity index (χ1n) is 5.16. The lowest BCUT2D eigenvalue weighted by atomic mass is 10.1. The molecule has 0 fully saturated rings. The van der Waals surface area contributed by atoms with Crippen LogP contribution < -0.4 is 11.1 Å². The number of hydrogen-bond acceptors (Lipinski definition) is 2. The molecule has 1 aromatic rings. The summed E-state index contributed by atoms with van der Waals surface area (Å²) in [5.41, 5.74) is 8.50. The summed E-state index contributed by atoms with van der Waals surface area (Å²) in [6.07, 6.45) is 0. The molecule has 0 aromatic heterocycles. The summed E-state index contributed by atoms with van der Waals surface area (Å²) in [6.45, 7) is 4.41. The molecule has 0 aliphatic rings. The Balaban J connectivity index is 2.59. The smallest absolute Gasteiger partial charge is 0.234 e. The van der Waals surface area contributed by atoms with E-state index in [4.69, 9.17) is 5.73 Å². The van der Waals surface area contributed by atoms with Crippen molar-refractivity contribution in [2.45, 2.75) is 13.8 Å². The Labute approximate surface area is 96.0 Å². The van der Waals surface area contributed by atoms with Gasteiger partial charge >= 0.3 is 0 Å². The monoisotopic (exact) mass is 216 g/mol. The fraction of sp³-hybridized carbons (Fsp3) is 0.308. The predicted molar refractivity (Wildman–Crippen MR) is 64.9 cm³/mol. The van der Waals surface area contributed by atoms with E-state index >= 15 is 0 Å². The van der Waals surface area contributed by atoms with Crippen molar-refractivity contribution >= 4 is 5.91 Å². The standard InChI is InChI=1S/C13H16N2O/c1-10-6-11(2)8-12(7-10)4-3-5-15-13(16)9-14/h6-8H,5,9,14H2,1-2H3,(H,15,16). The van der Waals surface area contributed by atoms with E-state index in [2.05, 4.69) is 23.2 Å². The Morgan fingerprint density at radius 2 is 1.94 bits per heavy atom. The van der Waals surface area contributed by atoms with Gasteiger partial charge in [0, 0.05) is 5.56 Å². The minimum Gasteiger partial charge on any atom is -0.344 e. The van der Waals surface area contributed by atoms with Crippen molar-refractivity contribution in [1.29, 1.82) is 0 Å². The fourth-order valence-corrected chi connectivity index (χ4v) is 1.41. The molecule has 0 radical (unpaired) electrons. The van der Waals surface area contributed by atoms with Crippen molar-refractivity contribution in [2.24, 2.45) is 5.73 Å². The Bertz CT molecular complexity index is 421. The minimum absolute atomic E-state index is 0.00519. The summed E-state index contributed by atoms with van der Waals surface area (Å²) in [5, 5.41) is 2.59. The first-order valence-corrected chi connectivity index (χ1v) is 5.16. The van der Waals surface area contributed by atoms with Crippen LogP contribution in [0, 0.1) is 25.7 Å². The molecule has 0 heterocycles. The summed E-state index contributed by atoms with van der Waals surface area (Å²) in [6, 6.07) is 6.14. The van der Waals surface area contributed by atoms with E-state index in [1.807, 2.05) is 26.0 Å². The molecule has 3 heteroatoms. The number of nitrogens with one attached hydrogen (secondary N) is 1. The van der Waals surface area contributed by atoms with E-state index in [0.717, 1.165) is 5.56 Å². The second-order valence-corrected chi connectivity index (χ2v) is 3.66. The van der Waals surface area contributed by atoms with Crippen molar-refractivity contribution in [2.75, 3.05) is 13.1 Å². The molecule has 1 aromatic carbocycles. The first kappa shape index (κ1) is 12.3. The molecule has 1 amide bonds. The van der Waals surface area contributed by atoms with Gasteiger partial charge in [-0.1, -0.05) is 17.9 Å². The molecule has 0 aliphatic heterocycles. The highest BCUT2D eigenvalue weighted by molar-refractivity contribution is 5.77. The number of benzene rings is 1. The fourth-order valence-electron chi connectivity index (χ4n) is 1.41. The van der Waals surface area contributed by atoms with Crippen LogP contribution in [0.1, 0.15) is 16.7 Å². The van der Waals surface area contributed by atoms with Crippen LogP contribution in [0.5, 0.6) is 0 Å². The molecule has 0 bridgehead atoms. The lowest BCUT2D eigenvalue weighted by molar-refractivity contribution is -0.119. The van der Waals surface area contributed by atoms with Crippen molar-refractivity contribution in [3.8, 4) is 11.8 Å². The Morgan fingerprint density at radius 3 is 2.50 bits per heavy atom. The highest BCUT2D eigenvalue weighted by Crippen LogP contribution is 2.07. The van der Waals surface area contributed by atoms with Crippen molar-refractivity contribution in [3.63, 3.8) is 0 Å². The van der Waals surface area contributed by atoms with Crippen LogP contribution in [0.2, 0.25) is 0 Å². The predicted octanol–water partition coefficient (Wildman–Crippen LogP) is 0.730. The van der Waals surface area contributed by atoms with Crippen LogP contribution in [0.25, 0.3) is 0 Å². The molecule has 3 N–H and O–H groups in total. The molecular weight excluding hydrogens is 200 g/mol. The molecule has 0 saturated carbocycles. The molecule has 1 rings (SSSR count). The van der Waals surface area contributed by atoms with E-state index in [-0.39, 0.29) is 12.5 Å². The van der Waals surface area contributed by atoms with Crippen LogP contribution in [-0.4, -0.2) is 19.0 Å². The van der Waals surface area contributed by atoms with E-state index < -0.39 is 0 Å². The minimum atomic E-state index is -0.185. The van der Waals surface area contributed by atoms with Gasteiger partial charge < -0.3 is 11.1 Å². The number of rotatable bonds is 2. The van der Waals surface area contributed by atoms with Gasteiger partial charge in [-0.25, -0.2) is 0 Å². The second kappa shape index (κ2) is 5.94. The Hall–Kier alpha value is -1.79. The van der Waals surface area contributed by atoms with E-state index in [1.165, 1.54) is 11.1 Å². The van der Waals surface area contributed by atoms with Crippen LogP contribution in [0.3, 0.4) is 0 Å². The van der Waals surface area contributed by atoms with E-state index in [0.29, 0.717) is 6.54 Å². The van der Waals surface area contributed by atoms with Crippen LogP contribution >= 0.6 is 0 Å². The Morgan fingerprint density at radius 1 is 1.31 bits per heavy atom. The van der Waals surface area contributed by atoms with Crippen molar-refractivity contribution in [3.05, 3.63) is 34.9 Å². The Kier molecular flexibility index (Phi) is 4.56. The molecule has 16 heavy (non-hydrogen) atoms. The van der Waals surface area contributed by atoms with Crippen LogP contribution in [-0.2, 0) is 4.79 Å². The summed E-state index contributed by atoms with van der Waals surface area (Å²) in [4.78, 5) is 10.8. The summed E-state index contributed by atoms with van der Waals surface area (Å²) < 4.78 is 0. The average molecular weight is 216 g/mol. The third-order valence-electron chi connectivity index (χ3n) is 2.01. The third-order valence-corrected chi connectivity index (χ3v) is 2.01. The summed E-state index contributed by atoms with van der Waals surface area (Å²) in [7, 11) is 0. The van der Waals surface area contributed by atoms with Gasteiger partial charge in [-0.2, -0.15) is 0 Å². The number of hydrogen-bond donors (Lipinski definition) is 2. The van der Waals surface area contributed by atoms with Crippen LogP contribution in [0.15, 0.2) is 18.2 Å². The maximum Gasteiger partial charge on any atom is 0.234 e. The van der Waals surface area contributed by atoms with Gasteiger partial charge in [-0.15, -0.1) is 0 Å². The van der Waals surface area contributed by atoms with Gasteiger partial charge in [-0.3, -0.25) is 4.79 Å². The summed E-state index contributed by atoms with van der Waals surface area (Å²) in [5.74, 6) is 5.70.